The van der Waals surface area contributed by atoms with Crippen molar-refractivity contribution in [1.29, 1.82) is 0 Å². The van der Waals surface area contributed by atoms with Crippen molar-refractivity contribution in [2.75, 3.05) is 32.7 Å². The molecule has 1 fully saturated rings. The third-order valence-corrected chi connectivity index (χ3v) is 3.76. The molecule has 1 aromatic rings. The maximum Gasteiger partial charge on any atom is 0.145 e. The highest BCUT2D eigenvalue weighted by atomic mass is 16.5. The molecule has 1 aromatic carbocycles. The molecule has 1 atom stereocenters. The van der Waals surface area contributed by atoms with Crippen molar-refractivity contribution in [2.24, 2.45) is 0 Å². The van der Waals surface area contributed by atoms with E-state index >= 15 is 0 Å². The minimum Gasteiger partial charge on any atom is -0.497 e. The number of rotatable bonds is 8. The number of methoxy groups -OCH3 is 2. The van der Waals surface area contributed by atoms with E-state index in [1.54, 1.807) is 14.2 Å². The van der Waals surface area contributed by atoms with Crippen LogP contribution in [0, 0.1) is 0 Å². The van der Waals surface area contributed by atoms with Crippen molar-refractivity contribution in [3.8, 4) is 11.5 Å². The Labute approximate surface area is 126 Å². The second-order valence-corrected chi connectivity index (χ2v) is 5.34. The van der Waals surface area contributed by atoms with Gasteiger partial charge >= 0.3 is 0 Å². The summed E-state index contributed by atoms with van der Waals surface area (Å²) in [5.41, 5.74) is 0.832. The molecule has 1 unspecified atom stereocenters. The van der Waals surface area contributed by atoms with E-state index in [9.17, 15) is 5.11 Å². The van der Waals surface area contributed by atoms with E-state index in [0.717, 1.165) is 24.3 Å². The van der Waals surface area contributed by atoms with E-state index in [0.29, 0.717) is 25.0 Å². The molecule has 0 radical (unpaired) electrons. The molecular formula is C16H25NO4. The van der Waals surface area contributed by atoms with E-state index < -0.39 is 6.10 Å². The molecule has 0 saturated heterocycles. The van der Waals surface area contributed by atoms with Gasteiger partial charge in [0.2, 0.25) is 0 Å². The van der Waals surface area contributed by atoms with Crippen LogP contribution in [0.1, 0.15) is 25.7 Å². The Kier molecular flexibility index (Phi) is 6.14. The van der Waals surface area contributed by atoms with E-state index in [1.165, 1.54) is 12.8 Å². The van der Waals surface area contributed by atoms with Crippen LogP contribution in [0.5, 0.6) is 11.5 Å². The molecule has 0 amide bonds. The molecule has 0 aliphatic heterocycles. The number of benzene rings is 1. The zero-order valence-corrected chi connectivity index (χ0v) is 12.8. The number of anilines is 1. The van der Waals surface area contributed by atoms with Crippen molar-refractivity contribution in [2.45, 2.75) is 37.9 Å². The molecule has 1 aliphatic rings. The second-order valence-electron chi connectivity index (χ2n) is 5.34. The number of aliphatic hydroxyl groups is 1. The summed E-state index contributed by atoms with van der Waals surface area (Å²) in [6, 6.07) is 5.54. The summed E-state index contributed by atoms with van der Waals surface area (Å²) in [6.45, 7) is 0.797. The summed E-state index contributed by atoms with van der Waals surface area (Å²) in [5, 5.41) is 13.2. The van der Waals surface area contributed by atoms with Crippen LogP contribution in [0.3, 0.4) is 0 Å². The van der Waals surface area contributed by atoms with E-state index in [4.69, 9.17) is 14.2 Å². The van der Waals surface area contributed by atoms with Gasteiger partial charge < -0.3 is 24.6 Å². The first-order valence-corrected chi connectivity index (χ1v) is 7.48. The van der Waals surface area contributed by atoms with Gasteiger partial charge in [-0.2, -0.15) is 0 Å². The van der Waals surface area contributed by atoms with Gasteiger partial charge in [-0.25, -0.2) is 0 Å². The lowest BCUT2D eigenvalue weighted by Gasteiger charge is -2.18. The van der Waals surface area contributed by atoms with Crippen molar-refractivity contribution >= 4 is 5.69 Å². The Morgan fingerprint density at radius 1 is 1.24 bits per heavy atom. The average Bonchev–Trinajstić information content (AvgIpc) is 3.04. The summed E-state index contributed by atoms with van der Waals surface area (Å²) in [4.78, 5) is 0. The first kappa shape index (κ1) is 15.9. The quantitative estimate of drug-likeness (QED) is 0.771. The largest absolute Gasteiger partial charge is 0.497 e. The third kappa shape index (κ3) is 4.79. The minimum absolute atomic E-state index is 0.329. The maximum atomic E-state index is 9.98. The molecule has 2 N–H and O–H groups in total. The summed E-state index contributed by atoms with van der Waals surface area (Å²) >= 11 is 0. The van der Waals surface area contributed by atoms with Crippen LogP contribution in [-0.4, -0.2) is 44.7 Å². The highest BCUT2D eigenvalue weighted by molar-refractivity contribution is 5.59. The molecule has 0 heterocycles. The number of nitrogens with one attached hydrogen (secondary N) is 1. The minimum atomic E-state index is -0.530. The zero-order chi connectivity index (χ0) is 15.1. The lowest BCUT2D eigenvalue weighted by atomic mass is 10.2. The number of ether oxygens (including phenoxy) is 3. The molecule has 0 bridgehead atoms. The van der Waals surface area contributed by atoms with Gasteiger partial charge in [0.25, 0.3) is 0 Å². The highest BCUT2D eigenvalue weighted by Gasteiger charge is 2.17. The predicted molar refractivity (Wildman–Crippen MR) is 82.3 cm³/mol. The zero-order valence-electron chi connectivity index (χ0n) is 12.8. The number of aliphatic hydroxyl groups excluding tert-OH is 1. The Balaban J connectivity index is 1.78. The van der Waals surface area contributed by atoms with Crippen molar-refractivity contribution < 1.29 is 19.3 Å². The Hall–Kier alpha value is -1.46. The average molecular weight is 295 g/mol. The van der Waals surface area contributed by atoms with Gasteiger partial charge in [0.15, 0.2) is 0 Å². The van der Waals surface area contributed by atoms with E-state index in [1.807, 2.05) is 18.2 Å². The summed E-state index contributed by atoms with van der Waals surface area (Å²) in [7, 11) is 3.23. The molecule has 21 heavy (non-hydrogen) atoms. The van der Waals surface area contributed by atoms with Gasteiger partial charge in [-0.3, -0.25) is 0 Å². The molecule has 1 saturated carbocycles. The Morgan fingerprint density at radius 2 is 2.00 bits per heavy atom. The van der Waals surface area contributed by atoms with Gasteiger partial charge in [-0.05, 0) is 25.0 Å². The summed E-state index contributed by atoms with van der Waals surface area (Å²) in [5.74, 6) is 1.43. The fourth-order valence-electron chi connectivity index (χ4n) is 2.53. The molecule has 118 valence electrons. The first-order chi connectivity index (χ1) is 10.2. The molecule has 5 nitrogen and oxygen atoms in total. The summed E-state index contributed by atoms with van der Waals surface area (Å²) < 4.78 is 16.2. The van der Waals surface area contributed by atoms with Gasteiger partial charge in [-0.15, -0.1) is 0 Å². The second kappa shape index (κ2) is 8.10. The monoisotopic (exact) mass is 295 g/mol. The Morgan fingerprint density at radius 3 is 2.67 bits per heavy atom. The lowest BCUT2D eigenvalue weighted by Crippen LogP contribution is -2.27. The summed E-state index contributed by atoms with van der Waals surface area (Å²) in [6.07, 6.45) is 4.51. The third-order valence-electron chi connectivity index (χ3n) is 3.76. The van der Waals surface area contributed by atoms with Crippen molar-refractivity contribution in [3.05, 3.63) is 18.2 Å². The molecule has 0 aromatic heterocycles. The van der Waals surface area contributed by atoms with Gasteiger partial charge in [0.05, 0.1) is 38.7 Å². The molecular weight excluding hydrogens is 270 g/mol. The van der Waals surface area contributed by atoms with Crippen LogP contribution in [0.25, 0.3) is 0 Å². The fraction of sp³-hybridized carbons (Fsp3) is 0.625. The molecule has 0 spiro atoms. The van der Waals surface area contributed by atoms with Crippen LogP contribution in [0.4, 0.5) is 5.69 Å². The number of hydrogen-bond acceptors (Lipinski definition) is 5. The maximum absolute atomic E-state index is 9.98. The van der Waals surface area contributed by atoms with E-state index in [2.05, 4.69) is 5.32 Å². The van der Waals surface area contributed by atoms with Gasteiger partial charge in [0.1, 0.15) is 11.5 Å². The molecule has 2 rings (SSSR count). The normalized spacial score (nSPS) is 16.7. The van der Waals surface area contributed by atoms with Gasteiger partial charge in [0, 0.05) is 12.6 Å². The standard InChI is InChI=1S/C16H25NO4/c1-19-14-7-8-15(16(9-14)20-2)17-10-12(18)11-21-13-5-3-4-6-13/h7-9,12-13,17-18H,3-6,10-11H2,1-2H3. The smallest absolute Gasteiger partial charge is 0.145 e. The van der Waals surface area contributed by atoms with Crippen LogP contribution in [-0.2, 0) is 4.74 Å². The lowest BCUT2D eigenvalue weighted by molar-refractivity contribution is -0.00118. The van der Waals surface area contributed by atoms with Crippen LogP contribution in [0.2, 0.25) is 0 Å². The molecule has 5 heteroatoms. The first-order valence-electron chi connectivity index (χ1n) is 7.48. The topological polar surface area (TPSA) is 60.0 Å². The van der Waals surface area contributed by atoms with Crippen LogP contribution >= 0.6 is 0 Å². The van der Waals surface area contributed by atoms with Crippen LogP contribution < -0.4 is 14.8 Å². The number of hydrogen-bond donors (Lipinski definition) is 2. The predicted octanol–water partition coefficient (Wildman–Crippen LogP) is 2.44. The van der Waals surface area contributed by atoms with Crippen LogP contribution in [0.15, 0.2) is 18.2 Å². The van der Waals surface area contributed by atoms with Crippen molar-refractivity contribution in [3.63, 3.8) is 0 Å². The fourth-order valence-corrected chi connectivity index (χ4v) is 2.53. The SMILES string of the molecule is COc1ccc(NCC(O)COC2CCCC2)c(OC)c1. The molecule has 1 aliphatic carbocycles. The Bertz CT molecular complexity index is 432. The highest BCUT2D eigenvalue weighted by Crippen LogP contribution is 2.29. The van der Waals surface area contributed by atoms with Gasteiger partial charge in [-0.1, -0.05) is 12.8 Å². The van der Waals surface area contributed by atoms with Crippen molar-refractivity contribution in [1.82, 2.24) is 0 Å². The van der Waals surface area contributed by atoms with E-state index in [-0.39, 0.29) is 0 Å².